The predicted molar refractivity (Wildman–Crippen MR) is 165 cm³/mol. The van der Waals surface area contributed by atoms with E-state index in [1.54, 1.807) is 25.3 Å². The van der Waals surface area contributed by atoms with E-state index in [0.29, 0.717) is 12.0 Å². The van der Waals surface area contributed by atoms with Crippen molar-refractivity contribution in [2.24, 2.45) is 0 Å². The number of Topliss-reactive ketones (excluding diaryl/α,β-unsaturated/α-hetero) is 1. The molecule has 0 radical (unpaired) electrons. The number of aromatic nitrogens is 1. The molecule has 1 fully saturated rings. The number of aromatic carboxylic acids is 1. The minimum Gasteiger partial charge on any atom is -0.478 e. The molecule has 232 valence electrons. The molecule has 11 heteroatoms. The number of carbonyl (C=O) groups is 3. The summed E-state index contributed by atoms with van der Waals surface area (Å²) in [4.78, 5) is 43.2. The Bertz CT molecular complexity index is 1750. The zero-order chi connectivity index (χ0) is 31.7. The third kappa shape index (κ3) is 6.08. The summed E-state index contributed by atoms with van der Waals surface area (Å²) >= 11 is 5.95. The number of piperidine rings is 1. The number of halogens is 2. The summed E-state index contributed by atoms with van der Waals surface area (Å²) in [7, 11) is 1.73. The van der Waals surface area contributed by atoms with E-state index in [4.69, 9.17) is 20.9 Å². The van der Waals surface area contributed by atoms with Gasteiger partial charge in [-0.25, -0.2) is 9.18 Å². The summed E-state index contributed by atoms with van der Waals surface area (Å²) in [5.74, 6) is -2.65. The van der Waals surface area contributed by atoms with Crippen LogP contribution in [0.25, 0.3) is 11.3 Å². The predicted octanol–water partition coefficient (Wildman–Crippen LogP) is 6.00. The van der Waals surface area contributed by atoms with E-state index >= 15 is 0 Å². The largest absolute Gasteiger partial charge is 0.478 e. The average Bonchev–Trinajstić information content (AvgIpc) is 3.55. The van der Waals surface area contributed by atoms with Crippen molar-refractivity contribution < 1.29 is 33.1 Å². The van der Waals surface area contributed by atoms with E-state index < -0.39 is 23.7 Å². The quantitative estimate of drug-likeness (QED) is 0.252. The molecule has 0 saturated carbocycles. The molecule has 3 aromatic carbocycles. The first-order valence-corrected chi connectivity index (χ1v) is 15.1. The van der Waals surface area contributed by atoms with Crippen LogP contribution in [0.4, 0.5) is 10.1 Å². The maximum atomic E-state index is 14.7. The van der Waals surface area contributed by atoms with Crippen LogP contribution in [0.2, 0.25) is 5.02 Å². The number of carbonyl (C=O) groups excluding carboxylic acids is 2. The normalized spacial score (nSPS) is 16.8. The molecule has 4 aromatic rings. The van der Waals surface area contributed by atoms with Crippen LogP contribution in [-0.2, 0) is 22.4 Å². The SMILES string of the molecule is COC1CCN(c2cccc3c2CCN(C(=O)c2cc(-c4cccc(Cl)c4F)no2)C3C(=O)Cc2ccc(C(=O)O)cc2)CC1. The smallest absolute Gasteiger partial charge is 0.335 e. The van der Waals surface area contributed by atoms with Crippen molar-refractivity contribution >= 4 is 34.9 Å². The number of fused-ring (bicyclic) bond motifs is 1. The fraction of sp³-hybridized carbons (Fsp3) is 0.294. The number of rotatable bonds is 8. The van der Waals surface area contributed by atoms with Crippen LogP contribution in [0, 0.1) is 5.82 Å². The number of ketones is 1. The van der Waals surface area contributed by atoms with Crippen LogP contribution in [-0.4, -0.2) is 65.7 Å². The van der Waals surface area contributed by atoms with E-state index in [-0.39, 0.29) is 52.5 Å². The molecule has 45 heavy (non-hydrogen) atoms. The van der Waals surface area contributed by atoms with Crippen molar-refractivity contribution in [1.82, 2.24) is 10.1 Å². The molecule has 1 saturated heterocycles. The minimum atomic E-state index is -1.06. The summed E-state index contributed by atoms with van der Waals surface area (Å²) in [5.41, 5.74) is 3.72. The van der Waals surface area contributed by atoms with E-state index in [2.05, 4.69) is 16.1 Å². The Balaban J connectivity index is 1.34. The van der Waals surface area contributed by atoms with Gasteiger partial charge in [-0.2, -0.15) is 0 Å². The summed E-state index contributed by atoms with van der Waals surface area (Å²) in [5, 5.41) is 13.1. The van der Waals surface area contributed by atoms with Crippen molar-refractivity contribution in [3.63, 3.8) is 0 Å². The van der Waals surface area contributed by atoms with Gasteiger partial charge in [-0.1, -0.05) is 47.1 Å². The van der Waals surface area contributed by atoms with Crippen molar-refractivity contribution in [1.29, 1.82) is 0 Å². The molecule has 0 bridgehead atoms. The van der Waals surface area contributed by atoms with Gasteiger partial charge in [-0.15, -0.1) is 0 Å². The number of carboxylic acids is 1. The number of carboxylic acid groups (broad SMARTS) is 1. The topological polar surface area (TPSA) is 113 Å². The summed E-state index contributed by atoms with van der Waals surface area (Å²) in [6.07, 6.45) is 2.48. The summed E-state index contributed by atoms with van der Waals surface area (Å²) in [6, 6.07) is 16.9. The fourth-order valence-corrected chi connectivity index (χ4v) is 6.43. The molecule has 3 heterocycles. The first-order valence-electron chi connectivity index (χ1n) is 14.7. The number of methoxy groups -OCH3 is 1. The van der Waals surface area contributed by atoms with Crippen molar-refractivity contribution in [2.45, 2.75) is 37.8 Å². The summed E-state index contributed by atoms with van der Waals surface area (Å²) < 4.78 is 25.6. The van der Waals surface area contributed by atoms with Crippen LogP contribution in [0.1, 0.15) is 56.5 Å². The van der Waals surface area contributed by atoms with Gasteiger partial charge < -0.3 is 24.2 Å². The third-order valence-electron chi connectivity index (χ3n) is 8.61. The van der Waals surface area contributed by atoms with Crippen LogP contribution >= 0.6 is 11.6 Å². The van der Waals surface area contributed by atoms with Gasteiger partial charge >= 0.3 is 5.97 Å². The Kier molecular flexibility index (Phi) is 8.69. The number of hydrogen-bond donors (Lipinski definition) is 1. The molecule has 1 N–H and O–H groups in total. The molecule has 0 aliphatic carbocycles. The van der Waals surface area contributed by atoms with E-state index in [1.165, 1.54) is 35.2 Å². The molecule has 1 amide bonds. The molecular formula is C34H31ClFN3O6. The summed E-state index contributed by atoms with van der Waals surface area (Å²) in [6.45, 7) is 1.87. The second-order valence-corrected chi connectivity index (χ2v) is 11.6. The molecule has 1 aromatic heterocycles. The highest BCUT2D eigenvalue weighted by Crippen LogP contribution is 2.39. The fourth-order valence-electron chi connectivity index (χ4n) is 6.25. The van der Waals surface area contributed by atoms with Gasteiger partial charge in [0, 0.05) is 50.5 Å². The zero-order valence-corrected chi connectivity index (χ0v) is 25.3. The van der Waals surface area contributed by atoms with Crippen molar-refractivity contribution in [3.05, 3.63) is 106 Å². The van der Waals surface area contributed by atoms with Crippen LogP contribution in [0.15, 0.2) is 71.3 Å². The lowest BCUT2D eigenvalue weighted by Gasteiger charge is -2.40. The Hall–Kier alpha value is -4.54. The van der Waals surface area contributed by atoms with E-state index in [0.717, 1.165) is 42.7 Å². The molecule has 1 atom stereocenters. The van der Waals surface area contributed by atoms with Gasteiger partial charge in [-0.05, 0) is 66.3 Å². The first-order chi connectivity index (χ1) is 21.7. The van der Waals surface area contributed by atoms with Crippen LogP contribution < -0.4 is 4.90 Å². The van der Waals surface area contributed by atoms with Gasteiger partial charge in [0.1, 0.15) is 11.7 Å². The second-order valence-electron chi connectivity index (χ2n) is 11.2. The number of amides is 1. The Morgan fingerprint density at radius 1 is 1.04 bits per heavy atom. The molecule has 2 aliphatic rings. The number of hydrogen-bond acceptors (Lipinski definition) is 7. The zero-order valence-electron chi connectivity index (χ0n) is 24.5. The number of anilines is 1. The lowest BCUT2D eigenvalue weighted by atomic mass is 9.86. The van der Waals surface area contributed by atoms with E-state index in [9.17, 15) is 23.9 Å². The molecule has 1 unspecified atom stereocenters. The maximum Gasteiger partial charge on any atom is 0.335 e. The Labute approximate surface area is 264 Å². The highest BCUT2D eigenvalue weighted by atomic mass is 35.5. The Morgan fingerprint density at radius 3 is 2.49 bits per heavy atom. The van der Waals surface area contributed by atoms with Crippen LogP contribution in [0.3, 0.4) is 0 Å². The van der Waals surface area contributed by atoms with Crippen molar-refractivity contribution in [3.8, 4) is 11.3 Å². The number of benzene rings is 3. The molecule has 0 spiro atoms. The lowest BCUT2D eigenvalue weighted by Crippen LogP contribution is -2.45. The van der Waals surface area contributed by atoms with Gasteiger partial charge in [-0.3, -0.25) is 9.59 Å². The monoisotopic (exact) mass is 631 g/mol. The molecule has 9 nitrogen and oxygen atoms in total. The second kappa shape index (κ2) is 12.8. The Morgan fingerprint density at radius 2 is 1.78 bits per heavy atom. The minimum absolute atomic E-state index is 0.0212. The lowest BCUT2D eigenvalue weighted by molar-refractivity contribution is -0.123. The van der Waals surface area contributed by atoms with Crippen molar-refractivity contribution in [2.75, 3.05) is 31.6 Å². The number of nitrogens with zero attached hydrogens (tertiary/aromatic N) is 3. The first kappa shape index (κ1) is 30.5. The van der Waals surface area contributed by atoms with Crippen LogP contribution in [0.5, 0.6) is 0 Å². The third-order valence-corrected chi connectivity index (χ3v) is 8.90. The number of ether oxygens (including phenoxy) is 1. The highest BCUT2D eigenvalue weighted by molar-refractivity contribution is 6.31. The standard InChI is InChI=1S/C34H31ClFN3O6/c1-44-22-12-15-38(16-13-22)28-7-3-4-24-23(28)14-17-39(32(24)29(40)18-20-8-10-21(11-9-20)34(42)43)33(41)30-19-27(37-45-30)25-5-2-6-26(35)31(25)36/h2-11,19,22,32H,12-18H2,1H3,(H,42,43). The van der Waals surface area contributed by atoms with Gasteiger partial charge in [0.2, 0.25) is 5.76 Å². The molecule has 2 aliphatic heterocycles. The van der Waals surface area contributed by atoms with Gasteiger partial charge in [0.25, 0.3) is 5.91 Å². The maximum absolute atomic E-state index is 14.7. The molecular weight excluding hydrogens is 601 g/mol. The average molecular weight is 632 g/mol. The van der Waals surface area contributed by atoms with Gasteiger partial charge in [0.15, 0.2) is 11.6 Å². The highest BCUT2D eigenvalue weighted by Gasteiger charge is 2.39. The molecule has 6 rings (SSSR count). The van der Waals surface area contributed by atoms with E-state index in [1.807, 2.05) is 12.1 Å². The van der Waals surface area contributed by atoms with Gasteiger partial charge in [0.05, 0.1) is 16.7 Å².